The summed E-state index contributed by atoms with van der Waals surface area (Å²) in [6.45, 7) is 0. The molecule has 1 aliphatic rings. The van der Waals surface area contributed by atoms with Gasteiger partial charge in [0.2, 0.25) is 0 Å². The number of carbonyl (C=O) groups excluding carboxylic acids is 1. The van der Waals surface area contributed by atoms with Crippen molar-refractivity contribution in [3.8, 4) is 0 Å². The normalized spacial score (nSPS) is 22.4. The van der Waals surface area contributed by atoms with Crippen LogP contribution in [0.15, 0.2) is 18.3 Å². The summed E-state index contributed by atoms with van der Waals surface area (Å²) in [5.41, 5.74) is 0.387. The van der Waals surface area contributed by atoms with Crippen molar-refractivity contribution in [1.29, 1.82) is 0 Å². The maximum atomic E-state index is 11.9. The number of sulfone groups is 1. The molecule has 1 saturated heterocycles. The average Bonchev–Trinajstić information content (AvgIpc) is 2.27. The van der Waals surface area contributed by atoms with Crippen molar-refractivity contribution in [2.75, 3.05) is 11.5 Å². The van der Waals surface area contributed by atoms with Gasteiger partial charge in [-0.3, -0.25) is 4.79 Å². The van der Waals surface area contributed by atoms with Gasteiger partial charge in [-0.2, -0.15) is 0 Å². The summed E-state index contributed by atoms with van der Waals surface area (Å²) in [7, 11) is -3.02. The van der Waals surface area contributed by atoms with E-state index in [1.165, 1.54) is 12.3 Å². The van der Waals surface area contributed by atoms with E-state index in [9.17, 15) is 13.2 Å². The molecular formula is C11H13ClN2O3S. The molecule has 1 aromatic rings. The van der Waals surface area contributed by atoms with Crippen molar-refractivity contribution < 1.29 is 13.2 Å². The third-order valence-electron chi connectivity index (χ3n) is 2.79. The molecule has 0 spiro atoms. The van der Waals surface area contributed by atoms with Crippen LogP contribution in [-0.4, -0.2) is 36.9 Å². The Morgan fingerprint density at radius 2 is 2.28 bits per heavy atom. The highest BCUT2D eigenvalue weighted by molar-refractivity contribution is 7.91. The molecular weight excluding hydrogens is 276 g/mol. The van der Waals surface area contributed by atoms with Gasteiger partial charge in [0.05, 0.1) is 11.5 Å². The van der Waals surface area contributed by atoms with Crippen molar-refractivity contribution in [3.05, 3.63) is 29.0 Å². The molecule has 2 rings (SSSR count). The highest BCUT2D eigenvalue weighted by atomic mass is 35.5. The molecule has 98 valence electrons. The Kier molecular flexibility index (Phi) is 3.87. The van der Waals surface area contributed by atoms with E-state index in [0.29, 0.717) is 18.4 Å². The van der Waals surface area contributed by atoms with Crippen LogP contribution in [0, 0.1) is 0 Å². The summed E-state index contributed by atoms with van der Waals surface area (Å²) >= 11 is 5.69. The second-order valence-corrected chi connectivity index (χ2v) is 6.91. The van der Waals surface area contributed by atoms with Gasteiger partial charge < -0.3 is 5.32 Å². The van der Waals surface area contributed by atoms with Crippen molar-refractivity contribution in [1.82, 2.24) is 10.3 Å². The Morgan fingerprint density at radius 3 is 2.94 bits per heavy atom. The SMILES string of the molecule is O=C(NC1CCCS(=O)(=O)C1)c1ccnc(Cl)c1. The van der Waals surface area contributed by atoms with Crippen molar-refractivity contribution in [2.45, 2.75) is 18.9 Å². The molecule has 7 heteroatoms. The zero-order chi connectivity index (χ0) is 13.2. The summed E-state index contributed by atoms with van der Waals surface area (Å²) in [4.78, 5) is 15.7. The summed E-state index contributed by atoms with van der Waals surface area (Å²) < 4.78 is 22.9. The number of carbonyl (C=O) groups is 1. The summed E-state index contributed by atoms with van der Waals surface area (Å²) in [5, 5.41) is 2.95. The number of nitrogens with one attached hydrogen (secondary N) is 1. The number of halogens is 1. The molecule has 2 heterocycles. The van der Waals surface area contributed by atoms with Gasteiger partial charge in [0, 0.05) is 17.8 Å². The number of hydrogen-bond acceptors (Lipinski definition) is 4. The fourth-order valence-corrected chi connectivity index (χ4v) is 3.76. The van der Waals surface area contributed by atoms with Crippen LogP contribution >= 0.6 is 11.6 Å². The highest BCUT2D eigenvalue weighted by Gasteiger charge is 2.26. The molecule has 5 nitrogen and oxygen atoms in total. The van der Waals surface area contributed by atoms with Crippen LogP contribution in [0.3, 0.4) is 0 Å². The molecule has 0 saturated carbocycles. The van der Waals surface area contributed by atoms with Gasteiger partial charge >= 0.3 is 0 Å². The Bertz CT molecular complexity index is 559. The number of hydrogen-bond donors (Lipinski definition) is 1. The van der Waals surface area contributed by atoms with Crippen molar-refractivity contribution in [3.63, 3.8) is 0 Å². The van der Waals surface area contributed by atoms with E-state index in [0.717, 1.165) is 0 Å². The van der Waals surface area contributed by atoms with Crippen LogP contribution in [0.2, 0.25) is 5.15 Å². The first-order valence-corrected chi connectivity index (χ1v) is 7.79. The molecule has 1 amide bonds. The first kappa shape index (κ1) is 13.3. The van der Waals surface area contributed by atoms with Gasteiger partial charge in [0.25, 0.3) is 5.91 Å². The molecule has 1 atom stereocenters. The smallest absolute Gasteiger partial charge is 0.251 e. The van der Waals surface area contributed by atoms with Gasteiger partial charge in [0.1, 0.15) is 5.15 Å². The number of aromatic nitrogens is 1. The van der Waals surface area contributed by atoms with Crippen LogP contribution in [0.25, 0.3) is 0 Å². The predicted molar refractivity (Wildman–Crippen MR) is 68.4 cm³/mol. The van der Waals surface area contributed by atoms with E-state index >= 15 is 0 Å². The molecule has 1 aromatic heterocycles. The van der Waals surface area contributed by atoms with Gasteiger partial charge in [-0.15, -0.1) is 0 Å². The van der Waals surface area contributed by atoms with Gasteiger partial charge in [-0.1, -0.05) is 11.6 Å². The lowest BCUT2D eigenvalue weighted by atomic mass is 10.1. The molecule has 1 N–H and O–H groups in total. The van der Waals surface area contributed by atoms with E-state index in [2.05, 4.69) is 10.3 Å². The third kappa shape index (κ3) is 3.43. The Morgan fingerprint density at radius 1 is 1.50 bits per heavy atom. The average molecular weight is 289 g/mol. The molecule has 0 aromatic carbocycles. The Hall–Kier alpha value is -1.14. The Balaban J connectivity index is 2.03. The van der Waals surface area contributed by atoms with Crippen LogP contribution in [0.5, 0.6) is 0 Å². The molecule has 0 radical (unpaired) electrons. The van der Waals surface area contributed by atoms with Gasteiger partial charge in [-0.25, -0.2) is 13.4 Å². The van der Waals surface area contributed by atoms with Crippen LogP contribution in [0.4, 0.5) is 0 Å². The lowest BCUT2D eigenvalue weighted by Crippen LogP contribution is -2.43. The number of nitrogens with zero attached hydrogens (tertiary/aromatic N) is 1. The minimum absolute atomic E-state index is 0.0115. The van der Waals surface area contributed by atoms with E-state index in [-0.39, 0.29) is 28.6 Å². The molecule has 0 bridgehead atoms. The van der Waals surface area contributed by atoms with Gasteiger partial charge in [-0.05, 0) is 25.0 Å². The zero-order valence-electron chi connectivity index (χ0n) is 9.60. The number of amides is 1. The summed E-state index contributed by atoms with van der Waals surface area (Å²) in [6, 6.07) is 2.68. The fraction of sp³-hybridized carbons (Fsp3) is 0.455. The van der Waals surface area contributed by atoms with Crippen molar-refractivity contribution >= 4 is 27.3 Å². The topological polar surface area (TPSA) is 76.1 Å². The first-order valence-electron chi connectivity index (χ1n) is 5.59. The second kappa shape index (κ2) is 5.24. The van der Waals surface area contributed by atoms with Gasteiger partial charge in [0.15, 0.2) is 9.84 Å². The number of pyridine rings is 1. The van der Waals surface area contributed by atoms with Crippen LogP contribution in [0.1, 0.15) is 23.2 Å². The van der Waals surface area contributed by atoms with E-state index in [1.54, 1.807) is 6.07 Å². The fourth-order valence-electron chi connectivity index (χ4n) is 1.95. The minimum atomic E-state index is -3.02. The lowest BCUT2D eigenvalue weighted by molar-refractivity contribution is 0.0938. The maximum absolute atomic E-state index is 11.9. The van der Waals surface area contributed by atoms with E-state index < -0.39 is 9.84 Å². The summed E-state index contributed by atoms with van der Waals surface area (Å²) in [5.74, 6) is -0.0979. The standard InChI is InChI=1S/C11H13ClN2O3S/c12-10-6-8(3-4-13-10)11(15)14-9-2-1-5-18(16,17)7-9/h3-4,6,9H,1-2,5,7H2,(H,14,15). The molecule has 1 unspecified atom stereocenters. The Labute approximate surface area is 110 Å². The largest absolute Gasteiger partial charge is 0.348 e. The van der Waals surface area contributed by atoms with E-state index in [4.69, 9.17) is 11.6 Å². The zero-order valence-corrected chi connectivity index (χ0v) is 11.2. The number of rotatable bonds is 2. The van der Waals surface area contributed by atoms with Crippen molar-refractivity contribution in [2.24, 2.45) is 0 Å². The highest BCUT2D eigenvalue weighted by Crippen LogP contribution is 2.13. The molecule has 1 aliphatic heterocycles. The van der Waals surface area contributed by atoms with E-state index in [1.807, 2.05) is 0 Å². The van der Waals surface area contributed by atoms with Crippen LogP contribution < -0.4 is 5.32 Å². The third-order valence-corrected chi connectivity index (χ3v) is 4.81. The maximum Gasteiger partial charge on any atom is 0.251 e. The molecule has 18 heavy (non-hydrogen) atoms. The lowest BCUT2D eigenvalue weighted by Gasteiger charge is -2.22. The molecule has 1 fully saturated rings. The summed E-state index contributed by atoms with van der Waals surface area (Å²) in [6.07, 6.45) is 2.71. The van der Waals surface area contributed by atoms with Crippen LogP contribution in [-0.2, 0) is 9.84 Å². The minimum Gasteiger partial charge on any atom is -0.348 e. The quantitative estimate of drug-likeness (QED) is 0.825. The predicted octanol–water partition coefficient (Wildman–Crippen LogP) is 1.04. The molecule has 0 aliphatic carbocycles. The second-order valence-electron chi connectivity index (χ2n) is 4.29. The first-order chi connectivity index (χ1) is 8.46. The monoisotopic (exact) mass is 288 g/mol.